The molecule has 0 aromatic rings. The summed E-state index contributed by atoms with van der Waals surface area (Å²) < 4.78 is 4.83. The lowest BCUT2D eigenvalue weighted by molar-refractivity contribution is -0.153. The van der Waals surface area contributed by atoms with Crippen molar-refractivity contribution in [1.82, 2.24) is 0 Å². The summed E-state index contributed by atoms with van der Waals surface area (Å²) in [5, 5.41) is 8.96. The molecule has 0 aliphatic heterocycles. The van der Waals surface area contributed by atoms with Crippen LogP contribution in [0.5, 0.6) is 0 Å². The standard InChI is InChI=1S/C9H17NO3/c10-6-8(11)9(12)13-5-4-7-2-1-3-7/h7-8,11H,1-6,10H2/t8-/m0/s1. The molecular formula is C9H17NO3. The largest absolute Gasteiger partial charge is 0.464 e. The van der Waals surface area contributed by atoms with Crippen LogP contribution in [0.25, 0.3) is 0 Å². The minimum Gasteiger partial charge on any atom is -0.464 e. The first-order chi connectivity index (χ1) is 6.24. The molecule has 0 aromatic heterocycles. The van der Waals surface area contributed by atoms with Gasteiger partial charge in [-0.1, -0.05) is 19.3 Å². The molecule has 0 saturated heterocycles. The van der Waals surface area contributed by atoms with Crippen LogP contribution in [-0.2, 0) is 9.53 Å². The highest BCUT2D eigenvalue weighted by Crippen LogP contribution is 2.29. The zero-order valence-electron chi connectivity index (χ0n) is 7.74. The lowest BCUT2D eigenvalue weighted by Crippen LogP contribution is -2.31. The third-order valence-electron chi connectivity index (χ3n) is 2.49. The van der Waals surface area contributed by atoms with Crippen LogP contribution in [0.4, 0.5) is 0 Å². The molecular weight excluding hydrogens is 170 g/mol. The Balaban J connectivity index is 2.00. The average molecular weight is 187 g/mol. The lowest BCUT2D eigenvalue weighted by atomic mass is 9.83. The van der Waals surface area contributed by atoms with Gasteiger partial charge in [-0.05, 0) is 12.3 Å². The van der Waals surface area contributed by atoms with Crippen molar-refractivity contribution in [2.45, 2.75) is 31.8 Å². The van der Waals surface area contributed by atoms with Crippen LogP contribution >= 0.6 is 0 Å². The number of aliphatic hydroxyl groups excluding tert-OH is 1. The van der Waals surface area contributed by atoms with Crippen molar-refractivity contribution >= 4 is 5.97 Å². The summed E-state index contributed by atoms with van der Waals surface area (Å²) in [6.07, 6.45) is 3.56. The van der Waals surface area contributed by atoms with E-state index in [9.17, 15) is 4.79 Å². The van der Waals surface area contributed by atoms with Crippen LogP contribution in [-0.4, -0.2) is 30.3 Å². The van der Waals surface area contributed by atoms with E-state index in [-0.39, 0.29) is 6.54 Å². The molecule has 0 spiro atoms. The molecule has 1 fully saturated rings. The van der Waals surface area contributed by atoms with Crippen LogP contribution in [0.3, 0.4) is 0 Å². The highest BCUT2D eigenvalue weighted by atomic mass is 16.5. The molecule has 1 aliphatic rings. The van der Waals surface area contributed by atoms with Crippen LogP contribution < -0.4 is 5.73 Å². The predicted molar refractivity (Wildman–Crippen MR) is 48.0 cm³/mol. The quantitative estimate of drug-likeness (QED) is 0.596. The zero-order valence-corrected chi connectivity index (χ0v) is 7.74. The van der Waals surface area contributed by atoms with E-state index in [0.717, 1.165) is 12.3 Å². The molecule has 0 aromatic carbocycles. The Morgan fingerprint density at radius 3 is 2.77 bits per heavy atom. The van der Waals surface area contributed by atoms with Crippen LogP contribution in [0.15, 0.2) is 0 Å². The maximum atomic E-state index is 10.9. The van der Waals surface area contributed by atoms with Crippen molar-refractivity contribution in [3.8, 4) is 0 Å². The molecule has 1 aliphatic carbocycles. The van der Waals surface area contributed by atoms with Gasteiger partial charge >= 0.3 is 5.97 Å². The van der Waals surface area contributed by atoms with E-state index in [0.29, 0.717) is 6.61 Å². The Morgan fingerprint density at radius 1 is 1.62 bits per heavy atom. The Morgan fingerprint density at radius 2 is 2.31 bits per heavy atom. The summed E-state index contributed by atoms with van der Waals surface area (Å²) in [6, 6.07) is 0. The summed E-state index contributed by atoms with van der Waals surface area (Å²) in [7, 11) is 0. The van der Waals surface area contributed by atoms with Gasteiger partial charge in [0.1, 0.15) is 0 Å². The number of carbonyl (C=O) groups excluding carboxylic acids is 1. The number of esters is 1. The van der Waals surface area contributed by atoms with Gasteiger partial charge in [0.2, 0.25) is 0 Å². The van der Waals surface area contributed by atoms with E-state index in [1.165, 1.54) is 19.3 Å². The Kier molecular flexibility index (Phi) is 4.18. The van der Waals surface area contributed by atoms with Gasteiger partial charge in [0.25, 0.3) is 0 Å². The molecule has 4 heteroatoms. The molecule has 1 atom stereocenters. The SMILES string of the molecule is NC[C@H](O)C(=O)OCCC1CCC1. The number of hydrogen-bond donors (Lipinski definition) is 2. The van der Waals surface area contributed by atoms with E-state index >= 15 is 0 Å². The van der Waals surface area contributed by atoms with Crippen molar-refractivity contribution < 1.29 is 14.6 Å². The number of hydrogen-bond acceptors (Lipinski definition) is 4. The molecule has 1 rings (SSSR count). The highest BCUT2D eigenvalue weighted by Gasteiger charge is 2.19. The number of carbonyl (C=O) groups is 1. The molecule has 0 heterocycles. The van der Waals surface area contributed by atoms with Crippen molar-refractivity contribution in [2.75, 3.05) is 13.2 Å². The summed E-state index contributed by atoms with van der Waals surface area (Å²) in [6.45, 7) is 0.350. The first-order valence-corrected chi connectivity index (χ1v) is 4.79. The number of nitrogens with two attached hydrogens (primary N) is 1. The maximum Gasteiger partial charge on any atom is 0.336 e. The highest BCUT2D eigenvalue weighted by molar-refractivity contribution is 5.74. The van der Waals surface area contributed by atoms with E-state index in [1.54, 1.807) is 0 Å². The molecule has 76 valence electrons. The molecule has 13 heavy (non-hydrogen) atoms. The van der Waals surface area contributed by atoms with Gasteiger partial charge in [0, 0.05) is 6.54 Å². The van der Waals surface area contributed by atoms with E-state index in [4.69, 9.17) is 15.6 Å². The van der Waals surface area contributed by atoms with Crippen LogP contribution in [0.1, 0.15) is 25.7 Å². The third-order valence-corrected chi connectivity index (χ3v) is 2.49. The molecule has 0 bridgehead atoms. The smallest absolute Gasteiger partial charge is 0.336 e. The van der Waals surface area contributed by atoms with E-state index in [1.807, 2.05) is 0 Å². The van der Waals surface area contributed by atoms with Crippen molar-refractivity contribution in [3.63, 3.8) is 0 Å². The number of rotatable bonds is 5. The fraction of sp³-hybridized carbons (Fsp3) is 0.889. The molecule has 0 radical (unpaired) electrons. The van der Waals surface area contributed by atoms with Crippen LogP contribution in [0.2, 0.25) is 0 Å². The second-order valence-corrected chi connectivity index (χ2v) is 3.50. The lowest BCUT2D eigenvalue weighted by Gasteiger charge is -2.24. The van der Waals surface area contributed by atoms with Crippen molar-refractivity contribution in [1.29, 1.82) is 0 Å². The van der Waals surface area contributed by atoms with Crippen molar-refractivity contribution in [2.24, 2.45) is 11.7 Å². The molecule has 0 amide bonds. The summed E-state index contributed by atoms with van der Waals surface area (Å²) in [5.41, 5.74) is 5.09. The second-order valence-electron chi connectivity index (χ2n) is 3.50. The Hall–Kier alpha value is -0.610. The first kappa shape index (κ1) is 10.5. The van der Waals surface area contributed by atoms with Crippen molar-refractivity contribution in [3.05, 3.63) is 0 Å². The average Bonchev–Trinajstić information content (AvgIpc) is 2.07. The number of ether oxygens (including phenoxy) is 1. The fourth-order valence-electron chi connectivity index (χ4n) is 1.30. The van der Waals surface area contributed by atoms with Gasteiger partial charge in [-0.3, -0.25) is 0 Å². The van der Waals surface area contributed by atoms with Gasteiger partial charge < -0.3 is 15.6 Å². The van der Waals surface area contributed by atoms with E-state index < -0.39 is 12.1 Å². The van der Waals surface area contributed by atoms with Gasteiger partial charge in [0.05, 0.1) is 6.61 Å². The topological polar surface area (TPSA) is 72.5 Å². The minimum absolute atomic E-state index is 0.0672. The molecule has 4 nitrogen and oxygen atoms in total. The van der Waals surface area contributed by atoms with Gasteiger partial charge in [-0.2, -0.15) is 0 Å². The summed E-state index contributed by atoms with van der Waals surface area (Å²) >= 11 is 0. The maximum absolute atomic E-state index is 10.9. The normalized spacial score (nSPS) is 19.2. The van der Waals surface area contributed by atoms with Gasteiger partial charge in [-0.15, -0.1) is 0 Å². The first-order valence-electron chi connectivity index (χ1n) is 4.79. The van der Waals surface area contributed by atoms with Gasteiger partial charge in [0.15, 0.2) is 6.10 Å². The van der Waals surface area contributed by atoms with Gasteiger partial charge in [-0.25, -0.2) is 4.79 Å². The molecule has 3 N–H and O–H groups in total. The fourth-order valence-corrected chi connectivity index (χ4v) is 1.30. The predicted octanol–water partition coefficient (Wildman–Crippen LogP) is 0.0394. The second kappa shape index (κ2) is 5.19. The zero-order chi connectivity index (χ0) is 9.68. The Labute approximate surface area is 78.1 Å². The minimum atomic E-state index is -1.15. The van der Waals surface area contributed by atoms with E-state index in [2.05, 4.69) is 0 Å². The molecule has 1 saturated carbocycles. The monoisotopic (exact) mass is 187 g/mol. The number of aliphatic hydroxyl groups is 1. The third kappa shape index (κ3) is 3.32. The summed E-state index contributed by atoms with van der Waals surface area (Å²) in [4.78, 5) is 10.9. The summed E-state index contributed by atoms with van der Waals surface area (Å²) in [5.74, 6) is 0.129. The van der Waals surface area contributed by atoms with Crippen LogP contribution in [0, 0.1) is 5.92 Å². The molecule has 0 unspecified atom stereocenters. The Bertz CT molecular complexity index is 168.